The zero-order valence-corrected chi connectivity index (χ0v) is 16.5. The Labute approximate surface area is 157 Å². The van der Waals surface area contributed by atoms with E-state index >= 15 is 0 Å². The van der Waals surface area contributed by atoms with Crippen LogP contribution in [0.3, 0.4) is 0 Å². The van der Waals surface area contributed by atoms with Crippen LogP contribution in [-0.2, 0) is 11.3 Å². The number of benzene rings is 2. The van der Waals surface area contributed by atoms with Crippen LogP contribution in [0.25, 0.3) is 0 Å². The van der Waals surface area contributed by atoms with Crippen LogP contribution in [0.15, 0.2) is 40.9 Å². The second kappa shape index (κ2) is 8.76. The number of hydrogen-bond acceptors (Lipinski definition) is 4. The molecule has 0 bridgehead atoms. The van der Waals surface area contributed by atoms with Gasteiger partial charge < -0.3 is 19.7 Å². The van der Waals surface area contributed by atoms with Crippen LogP contribution in [0.2, 0.25) is 0 Å². The summed E-state index contributed by atoms with van der Waals surface area (Å²) in [5.74, 6) is 1.36. The fourth-order valence-electron chi connectivity index (χ4n) is 2.42. The molecule has 0 aliphatic rings. The van der Waals surface area contributed by atoms with Crippen LogP contribution in [0.1, 0.15) is 11.1 Å². The SMILES string of the molecule is COc1cc(C)c(CN(C)C(=O)CNc2ccc(Br)cc2)cc1OC. The lowest BCUT2D eigenvalue weighted by Gasteiger charge is -2.20. The van der Waals surface area contributed by atoms with Crippen molar-refractivity contribution in [3.05, 3.63) is 52.0 Å². The van der Waals surface area contributed by atoms with Crippen molar-refractivity contribution in [1.29, 1.82) is 0 Å². The van der Waals surface area contributed by atoms with Crippen LogP contribution < -0.4 is 14.8 Å². The topological polar surface area (TPSA) is 50.8 Å². The maximum absolute atomic E-state index is 12.4. The fourth-order valence-corrected chi connectivity index (χ4v) is 2.68. The van der Waals surface area contributed by atoms with E-state index in [-0.39, 0.29) is 12.5 Å². The molecule has 25 heavy (non-hydrogen) atoms. The number of halogens is 1. The summed E-state index contributed by atoms with van der Waals surface area (Å²) in [4.78, 5) is 14.1. The number of rotatable bonds is 7. The standard InChI is InChI=1S/C19H23BrN2O3/c1-13-9-17(24-3)18(25-4)10-14(13)12-22(2)19(23)11-21-16-7-5-15(20)6-8-16/h5-10,21H,11-12H2,1-4H3. The van der Waals surface area contributed by atoms with Gasteiger partial charge in [0.2, 0.25) is 5.91 Å². The third-order valence-corrected chi connectivity index (χ3v) is 4.49. The highest BCUT2D eigenvalue weighted by Gasteiger charge is 2.13. The van der Waals surface area contributed by atoms with Crippen LogP contribution in [0.5, 0.6) is 11.5 Å². The van der Waals surface area contributed by atoms with Gasteiger partial charge in [0.15, 0.2) is 11.5 Å². The Hall–Kier alpha value is -2.21. The average Bonchev–Trinajstić information content (AvgIpc) is 2.62. The number of aryl methyl sites for hydroxylation is 1. The molecule has 0 spiro atoms. The average molecular weight is 407 g/mol. The molecular formula is C19H23BrN2O3. The number of methoxy groups -OCH3 is 2. The molecule has 1 amide bonds. The first-order chi connectivity index (χ1) is 11.9. The van der Waals surface area contributed by atoms with Crippen molar-refractivity contribution < 1.29 is 14.3 Å². The summed E-state index contributed by atoms with van der Waals surface area (Å²) in [7, 11) is 5.01. The maximum Gasteiger partial charge on any atom is 0.241 e. The number of likely N-dealkylation sites (N-methyl/N-ethyl adjacent to an activating group) is 1. The highest BCUT2D eigenvalue weighted by Crippen LogP contribution is 2.30. The van der Waals surface area contributed by atoms with Crippen molar-refractivity contribution in [1.82, 2.24) is 4.90 Å². The van der Waals surface area contributed by atoms with Crippen molar-refractivity contribution in [2.75, 3.05) is 33.1 Å². The minimum Gasteiger partial charge on any atom is -0.493 e. The van der Waals surface area contributed by atoms with E-state index in [1.165, 1.54) is 0 Å². The Morgan fingerprint density at radius 1 is 1.12 bits per heavy atom. The third-order valence-electron chi connectivity index (χ3n) is 3.96. The van der Waals surface area contributed by atoms with E-state index in [4.69, 9.17) is 9.47 Å². The van der Waals surface area contributed by atoms with Crippen molar-refractivity contribution in [3.63, 3.8) is 0 Å². The summed E-state index contributed by atoms with van der Waals surface area (Å²) >= 11 is 3.39. The molecule has 0 aromatic heterocycles. The molecule has 0 aliphatic heterocycles. The van der Waals surface area contributed by atoms with Gasteiger partial charge in [-0.2, -0.15) is 0 Å². The number of nitrogens with zero attached hydrogens (tertiary/aromatic N) is 1. The third kappa shape index (κ3) is 5.13. The zero-order chi connectivity index (χ0) is 18.4. The van der Waals surface area contributed by atoms with Crippen molar-refractivity contribution in [2.24, 2.45) is 0 Å². The predicted octanol–water partition coefficient (Wildman–Crippen LogP) is 3.85. The molecule has 6 heteroatoms. The minimum absolute atomic E-state index is 0.0112. The second-order valence-corrected chi connectivity index (χ2v) is 6.66. The van der Waals surface area contributed by atoms with Crippen LogP contribution in [0, 0.1) is 6.92 Å². The first-order valence-electron chi connectivity index (χ1n) is 7.89. The van der Waals surface area contributed by atoms with E-state index in [0.717, 1.165) is 21.3 Å². The molecule has 0 unspecified atom stereocenters. The smallest absolute Gasteiger partial charge is 0.241 e. The summed E-state index contributed by atoms with van der Waals surface area (Å²) in [6, 6.07) is 11.6. The van der Waals surface area contributed by atoms with Gasteiger partial charge in [0, 0.05) is 23.8 Å². The molecule has 0 radical (unpaired) electrons. The largest absolute Gasteiger partial charge is 0.493 e. The summed E-state index contributed by atoms with van der Waals surface area (Å²) in [5.41, 5.74) is 2.99. The number of hydrogen-bond donors (Lipinski definition) is 1. The molecule has 2 rings (SSSR count). The highest BCUT2D eigenvalue weighted by atomic mass is 79.9. The molecule has 0 fully saturated rings. The number of amides is 1. The van der Waals surface area contributed by atoms with E-state index in [2.05, 4.69) is 21.2 Å². The molecule has 0 heterocycles. The molecule has 1 N–H and O–H groups in total. The fraction of sp³-hybridized carbons (Fsp3) is 0.316. The molecule has 5 nitrogen and oxygen atoms in total. The molecule has 0 aliphatic carbocycles. The van der Waals surface area contributed by atoms with E-state index in [1.54, 1.807) is 26.2 Å². The van der Waals surface area contributed by atoms with E-state index in [0.29, 0.717) is 18.0 Å². The number of nitrogens with one attached hydrogen (secondary N) is 1. The first-order valence-corrected chi connectivity index (χ1v) is 8.68. The Morgan fingerprint density at radius 2 is 1.72 bits per heavy atom. The summed E-state index contributed by atoms with van der Waals surface area (Å²) in [5, 5.41) is 3.14. The van der Waals surface area contributed by atoms with Gasteiger partial charge in [-0.25, -0.2) is 0 Å². The number of carbonyl (C=O) groups is 1. The number of ether oxygens (including phenoxy) is 2. The van der Waals surface area contributed by atoms with Gasteiger partial charge in [-0.15, -0.1) is 0 Å². The van der Waals surface area contributed by atoms with E-state index in [1.807, 2.05) is 43.3 Å². The Bertz CT molecular complexity index is 732. The quantitative estimate of drug-likeness (QED) is 0.758. The van der Waals surface area contributed by atoms with Gasteiger partial charge in [-0.1, -0.05) is 15.9 Å². The Balaban J connectivity index is 1.99. The van der Waals surface area contributed by atoms with Crippen molar-refractivity contribution >= 4 is 27.5 Å². The normalized spacial score (nSPS) is 10.3. The van der Waals surface area contributed by atoms with Crippen LogP contribution >= 0.6 is 15.9 Å². The molecule has 2 aromatic rings. The molecule has 0 saturated heterocycles. The van der Waals surface area contributed by atoms with Gasteiger partial charge in [0.1, 0.15) is 0 Å². The summed E-state index contributed by atoms with van der Waals surface area (Å²) in [6.07, 6.45) is 0. The molecule has 0 atom stereocenters. The molecule has 2 aromatic carbocycles. The summed E-state index contributed by atoms with van der Waals surface area (Å²) in [6.45, 7) is 2.74. The first kappa shape index (κ1) is 19.1. The second-order valence-electron chi connectivity index (χ2n) is 5.74. The lowest BCUT2D eigenvalue weighted by molar-refractivity contribution is -0.128. The van der Waals surface area contributed by atoms with Gasteiger partial charge >= 0.3 is 0 Å². The van der Waals surface area contributed by atoms with Gasteiger partial charge in [0.05, 0.1) is 20.8 Å². The van der Waals surface area contributed by atoms with Crippen molar-refractivity contribution in [2.45, 2.75) is 13.5 Å². The predicted molar refractivity (Wildman–Crippen MR) is 103 cm³/mol. The molecular weight excluding hydrogens is 384 g/mol. The number of anilines is 1. The van der Waals surface area contributed by atoms with E-state index < -0.39 is 0 Å². The zero-order valence-electron chi connectivity index (χ0n) is 14.9. The van der Waals surface area contributed by atoms with Crippen LogP contribution in [0.4, 0.5) is 5.69 Å². The maximum atomic E-state index is 12.4. The highest BCUT2D eigenvalue weighted by molar-refractivity contribution is 9.10. The Morgan fingerprint density at radius 3 is 2.32 bits per heavy atom. The number of carbonyl (C=O) groups excluding carboxylic acids is 1. The Kier molecular flexibility index (Phi) is 6.70. The van der Waals surface area contributed by atoms with E-state index in [9.17, 15) is 4.79 Å². The molecule has 134 valence electrons. The monoisotopic (exact) mass is 406 g/mol. The van der Waals surface area contributed by atoms with Gasteiger partial charge in [-0.3, -0.25) is 4.79 Å². The molecule has 0 saturated carbocycles. The lowest BCUT2D eigenvalue weighted by atomic mass is 10.1. The van der Waals surface area contributed by atoms with Gasteiger partial charge in [0.25, 0.3) is 0 Å². The lowest BCUT2D eigenvalue weighted by Crippen LogP contribution is -2.32. The minimum atomic E-state index is 0.0112. The summed E-state index contributed by atoms with van der Waals surface area (Å²) < 4.78 is 11.7. The van der Waals surface area contributed by atoms with Crippen LogP contribution in [-0.4, -0.2) is 38.6 Å². The van der Waals surface area contributed by atoms with Gasteiger partial charge in [-0.05, 0) is 54.4 Å². The van der Waals surface area contributed by atoms with Crippen molar-refractivity contribution in [3.8, 4) is 11.5 Å².